The monoisotopic (exact) mass is 287 g/mol. The molecule has 1 atom stereocenters. The SMILES string of the molecule is CC(C)C(C)(O)CNC(=O)c1cn[nH]c1-c1ccccc1. The summed E-state index contributed by atoms with van der Waals surface area (Å²) in [7, 11) is 0. The van der Waals surface area contributed by atoms with Gasteiger partial charge in [0.2, 0.25) is 0 Å². The average molecular weight is 287 g/mol. The van der Waals surface area contributed by atoms with Crippen molar-refractivity contribution in [1.29, 1.82) is 0 Å². The van der Waals surface area contributed by atoms with Gasteiger partial charge in [-0.05, 0) is 12.8 Å². The molecule has 5 heteroatoms. The van der Waals surface area contributed by atoms with Gasteiger partial charge in [0.05, 0.1) is 23.1 Å². The maximum Gasteiger partial charge on any atom is 0.255 e. The maximum atomic E-state index is 12.3. The molecule has 1 aromatic carbocycles. The quantitative estimate of drug-likeness (QED) is 0.789. The molecule has 2 rings (SSSR count). The molecule has 0 bridgehead atoms. The fourth-order valence-electron chi connectivity index (χ4n) is 1.84. The molecule has 2 aromatic rings. The zero-order chi connectivity index (χ0) is 15.5. The van der Waals surface area contributed by atoms with Crippen LogP contribution in [0.3, 0.4) is 0 Å². The van der Waals surface area contributed by atoms with E-state index in [2.05, 4.69) is 15.5 Å². The lowest BCUT2D eigenvalue weighted by molar-refractivity contribution is 0.0142. The molecule has 3 N–H and O–H groups in total. The molecule has 0 fully saturated rings. The number of aromatic nitrogens is 2. The van der Waals surface area contributed by atoms with E-state index in [1.54, 1.807) is 6.92 Å². The molecule has 1 amide bonds. The van der Waals surface area contributed by atoms with Gasteiger partial charge in [-0.25, -0.2) is 0 Å². The first-order chi connectivity index (χ1) is 9.92. The molecule has 0 saturated carbocycles. The number of amides is 1. The van der Waals surface area contributed by atoms with E-state index in [1.807, 2.05) is 44.2 Å². The van der Waals surface area contributed by atoms with Gasteiger partial charge in [0.1, 0.15) is 0 Å². The molecular formula is C16H21N3O2. The zero-order valence-electron chi connectivity index (χ0n) is 12.6. The van der Waals surface area contributed by atoms with Crippen LogP contribution < -0.4 is 5.32 Å². The van der Waals surface area contributed by atoms with Crippen molar-refractivity contribution in [1.82, 2.24) is 15.5 Å². The summed E-state index contributed by atoms with van der Waals surface area (Å²) in [6.07, 6.45) is 1.50. The highest BCUT2D eigenvalue weighted by atomic mass is 16.3. The highest BCUT2D eigenvalue weighted by molar-refractivity contribution is 5.99. The minimum Gasteiger partial charge on any atom is -0.388 e. The molecule has 0 aliphatic heterocycles. The Morgan fingerprint density at radius 1 is 1.38 bits per heavy atom. The number of nitrogens with zero attached hydrogens (tertiary/aromatic N) is 1. The van der Waals surface area contributed by atoms with Crippen LogP contribution in [0.15, 0.2) is 36.5 Å². The molecule has 0 saturated heterocycles. The van der Waals surface area contributed by atoms with E-state index >= 15 is 0 Å². The minimum absolute atomic E-state index is 0.0516. The van der Waals surface area contributed by atoms with Gasteiger partial charge in [-0.1, -0.05) is 44.2 Å². The second-order valence-corrected chi connectivity index (χ2v) is 5.72. The number of benzene rings is 1. The van der Waals surface area contributed by atoms with Crippen LogP contribution in [-0.2, 0) is 0 Å². The summed E-state index contributed by atoms with van der Waals surface area (Å²) in [6.45, 7) is 5.74. The van der Waals surface area contributed by atoms with Crippen LogP contribution in [0, 0.1) is 5.92 Å². The van der Waals surface area contributed by atoms with Gasteiger partial charge in [-0.3, -0.25) is 9.89 Å². The van der Waals surface area contributed by atoms with Gasteiger partial charge in [-0.15, -0.1) is 0 Å². The number of aromatic amines is 1. The summed E-state index contributed by atoms with van der Waals surface area (Å²) < 4.78 is 0. The second kappa shape index (κ2) is 6.10. The third kappa shape index (κ3) is 3.49. The number of aliphatic hydroxyl groups is 1. The predicted octanol–water partition coefficient (Wildman–Crippen LogP) is 2.21. The number of H-pyrrole nitrogens is 1. The van der Waals surface area contributed by atoms with Gasteiger partial charge in [0.25, 0.3) is 5.91 Å². The van der Waals surface area contributed by atoms with Crippen molar-refractivity contribution in [2.24, 2.45) is 5.92 Å². The number of carbonyl (C=O) groups excluding carboxylic acids is 1. The summed E-state index contributed by atoms with van der Waals surface area (Å²) in [5.74, 6) is -0.195. The molecule has 0 aliphatic carbocycles. The first-order valence-electron chi connectivity index (χ1n) is 7.01. The molecule has 0 spiro atoms. The van der Waals surface area contributed by atoms with Crippen molar-refractivity contribution in [2.45, 2.75) is 26.4 Å². The highest BCUT2D eigenvalue weighted by Crippen LogP contribution is 2.21. The number of carbonyl (C=O) groups is 1. The lowest BCUT2D eigenvalue weighted by Gasteiger charge is -2.27. The summed E-state index contributed by atoms with van der Waals surface area (Å²) in [4.78, 5) is 12.3. The molecule has 112 valence electrons. The van der Waals surface area contributed by atoms with Crippen LogP contribution in [0.5, 0.6) is 0 Å². The summed E-state index contributed by atoms with van der Waals surface area (Å²) in [5, 5.41) is 19.8. The van der Waals surface area contributed by atoms with Crippen molar-refractivity contribution in [3.8, 4) is 11.3 Å². The van der Waals surface area contributed by atoms with E-state index in [4.69, 9.17) is 0 Å². The number of nitrogens with one attached hydrogen (secondary N) is 2. The van der Waals surface area contributed by atoms with Crippen molar-refractivity contribution >= 4 is 5.91 Å². The number of hydrogen-bond acceptors (Lipinski definition) is 3. The van der Waals surface area contributed by atoms with Crippen LogP contribution >= 0.6 is 0 Å². The Labute approximate surface area is 124 Å². The Hall–Kier alpha value is -2.14. The largest absolute Gasteiger partial charge is 0.388 e. The Bertz CT molecular complexity index is 603. The predicted molar refractivity (Wildman–Crippen MR) is 81.8 cm³/mol. The van der Waals surface area contributed by atoms with Gasteiger partial charge in [0.15, 0.2) is 0 Å². The van der Waals surface area contributed by atoms with Crippen LogP contribution in [0.1, 0.15) is 31.1 Å². The third-order valence-corrected chi connectivity index (χ3v) is 3.80. The lowest BCUT2D eigenvalue weighted by Crippen LogP contribution is -2.44. The van der Waals surface area contributed by atoms with Crippen LogP contribution in [0.25, 0.3) is 11.3 Å². The van der Waals surface area contributed by atoms with E-state index in [-0.39, 0.29) is 18.4 Å². The van der Waals surface area contributed by atoms with Crippen LogP contribution in [0.2, 0.25) is 0 Å². The zero-order valence-corrected chi connectivity index (χ0v) is 12.6. The Morgan fingerprint density at radius 2 is 2.05 bits per heavy atom. The van der Waals surface area contributed by atoms with E-state index in [0.29, 0.717) is 11.3 Å². The molecule has 1 unspecified atom stereocenters. The fraction of sp³-hybridized carbons (Fsp3) is 0.375. The summed E-state index contributed by atoms with van der Waals surface area (Å²) in [5.41, 5.74) is 1.11. The minimum atomic E-state index is -0.938. The molecule has 1 aromatic heterocycles. The number of rotatable bonds is 5. The standard InChI is InChI=1S/C16H21N3O2/c1-11(2)16(3,21)10-17-15(20)13-9-18-19-14(13)12-7-5-4-6-8-12/h4-9,11,21H,10H2,1-3H3,(H,17,20)(H,18,19). The van der Waals surface area contributed by atoms with Gasteiger partial charge >= 0.3 is 0 Å². The third-order valence-electron chi connectivity index (χ3n) is 3.80. The molecule has 5 nitrogen and oxygen atoms in total. The van der Waals surface area contributed by atoms with E-state index < -0.39 is 5.60 Å². The first-order valence-corrected chi connectivity index (χ1v) is 7.01. The Kier molecular flexibility index (Phi) is 4.43. The number of hydrogen-bond donors (Lipinski definition) is 3. The summed E-state index contributed by atoms with van der Waals surface area (Å²) >= 11 is 0. The highest BCUT2D eigenvalue weighted by Gasteiger charge is 2.26. The topological polar surface area (TPSA) is 78.0 Å². The van der Waals surface area contributed by atoms with Gasteiger partial charge < -0.3 is 10.4 Å². The second-order valence-electron chi connectivity index (χ2n) is 5.72. The van der Waals surface area contributed by atoms with E-state index in [1.165, 1.54) is 6.20 Å². The smallest absolute Gasteiger partial charge is 0.255 e. The van der Waals surface area contributed by atoms with Crippen LogP contribution in [0.4, 0.5) is 0 Å². The molecule has 1 heterocycles. The van der Waals surface area contributed by atoms with Crippen molar-refractivity contribution < 1.29 is 9.90 Å². The van der Waals surface area contributed by atoms with Gasteiger partial charge in [-0.2, -0.15) is 5.10 Å². The molecular weight excluding hydrogens is 266 g/mol. The maximum absolute atomic E-state index is 12.3. The fourth-order valence-corrected chi connectivity index (χ4v) is 1.84. The van der Waals surface area contributed by atoms with E-state index in [0.717, 1.165) is 5.56 Å². The Morgan fingerprint density at radius 3 is 2.67 bits per heavy atom. The van der Waals surface area contributed by atoms with Crippen molar-refractivity contribution in [3.05, 3.63) is 42.1 Å². The van der Waals surface area contributed by atoms with E-state index in [9.17, 15) is 9.90 Å². The molecule has 0 aliphatic rings. The van der Waals surface area contributed by atoms with Crippen molar-refractivity contribution in [3.63, 3.8) is 0 Å². The van der Waals surface area contributed by atoms with Crippen molar-refractivity contribution in [2.75, 3.05) is 6.54 Å². The summed E-state index contributed by atoms with van der Waals surface area (Å²) in [6, 6.07) is 9.55. The molecule has 0 radical (unpaired) electrons. The first kappa shape index (κ1) is 15.3. The lowest BCUT2D eigenvalue weighted by atomic mass is 9.92. The van der Waals surface area contributed by atoms with Crippen LogP contribution in [-0.4, -0.2) is 33.4 Å². The normalized spacial score (nSPS) is 14.0. The Balaban J connectivity index is 2.13. The molecule has 21 heavy (non-hydrogen) atoms. The van der Waals surface area contributed by atoms with Gasteiger partial charge in [0, 0.05) is 12.1 Å². The average Bonchev–Trinajstić information content (AvgIpc) is 2.95.